The van der Waals surface area contributed by atoms with Gasteiger partial charge in [0.15, 0.2) is 0 Å². The third-order valence-electron chi connectivity index (χ3n) is 2.55. The molecule has 1 heterocycles. The zero-order valence-corrected chi connectivity index (χ0v) is 9.89. The molecule has 90 valence electrons. The van der Waals surface area contributed by atoms with Gasteiger partial charge in [0, 0.05) is 20.1 Å². The highest BCUT2D eigenvalue weighted by Crippen LogP contribution is 1.87. The van der Waals surface area contributed by atoms with Gasteiger partial charge in [-0.25, -0.2) is 28.1 Å². The van der Waals surface area contributed by atoms with Gasteiger partial charge in [-0.3, -0.25) is 0 Å². The van der Waals surface area contributed by atoms with E-state index in [-0.39, 0.29) is 6.54 Å². The van der Waals surface area contributed by atoms with E-state index in [1.807, 2.05) is 6.92 Å². The van der Waals surface area contributed by atoms with E-state index in [0.29, 0.717) is 6.54 Å². The summed E-state index contributed by atoms with van der Waals surface area (Å²) in [7, 11) is 1.39. The lowest BCUT2D eigenvalue weighted by Crippen LogP contribution is -2.53. The molecule has 0 N–H and O–H groups in total. The SMILES string of the molecule is CCCCn1c(=O)n(C)c(=O)n(CC)c1=O. The molecule has 6 nitrogen and oxygen atoms in total. The van der Waals surface area contributed by atoms with Crippen LogP contribution in [0.2, 0.25) is 0 Å². The van der Waals surface area contributed by atoms with Crippen LogP contribution >= 0.6 is 0 Å². The first-order valence-electron chi connectivity index (χ1n) is 5.45. The number of hydrogen-bond donors (Lipinski definition) is 0. The van der Waals surface area contributed by atoms with Gasteiger partial charge in [-0.05, 0) is 13.3 Å². The average Bonchev–Trinajstić information content (AvgIpc) is 2.27. The molecule has 0 aliphatic carbocycles. The van der Waals surface area contributed by atoms with Crippen LogP contribution in [0.4, 0.5) is 0 Å². The Kier molecular flexibility index (Phi) is 3.87. The molecule has 0 radical (unpaired) electrons. The van der Waals surface area contributed by atoms with Gasteiger partial charge in [0.25, 0.3) is 0 Å². The van der Waals surface area contributed by atoms with Crippen LogP contribution in [-0.4, -0.2) is 13.7 Å². The largest absolute Gasteiger partial charge is 0.336 e. The van der Waals surface area contributed by atoms with Crippen molar-refractivity contribution < 1.29 is 0 Å². The molecule has 1 aromatic rings. The normalized spacial score (nSPS) is 10.7. The zero-order valence-electron chi connectivity index (χ0n) is 9.89. The first-order chi connectivity index (χ1) is 7.54. The molecular formula is C10H17N3O3. The lowest BCUT2D eigenvalue weighted by atomic mass is 10.3. The van der Waals surface area contributed by atoms with Gasteiger partial charge in [-0.15, -0.1) is 0 Å². The Morgan fingerprint density at radius 2 is 1.50 bits per heavy atom. The Morgan fingerprint density at radius 3 is 2.00 bits per heavy atom. The van der Waals surface area contributed by atoms with E-state index in [4.69, 9.17) is 0 Å². The molecule has 0 saturated carbocycles. The summed E-state index contributed by atoms with van der Waals surface area (Å²) in [4.78, 5) is 35.1. The fourth-order valence-electron chi connectivity index (χ4n) is 1.53. The molecule has 0 saturated heterocycles. The molecule has 16 heavy (non-hydrogen) atoms. The van der Waals surface area contributed by atoms with Gasteiger partial charge in [0.05, 0.1) is 0 Å². The molecule has 0 amide bonds. The maximum Gasteiger partial charge on any atom is 0.336 e. The second-order valence-corrected chi connectivity index (χ2v) is 3.66. The summed E-state index contributed by atoms with van der Waals surface area (Å²) >= 11 is 0. The Bertz CT molecular complexity index is 536. The number of unbranched alkanes of at least 4 members (excludes halogenated alkanes) is 1. The second kappa shape index (κ2) is 4.96. The van der Waals surface area contributed by atoms with E-state index in [0.717, 1.165) is 26.5 Å². The lowest BCUT2D eigenvalue weighted by molar-refractivity contribution is 0.469. The molecule has 0 aliphatic heterocycles. The van der Waals surface area contributed by atoms with Crippen LogP contribution in [-0.2, 0) is 20.1 Å². The van der Waals surface area contributed by atoms with Crippen LogP contribution in [0.25, 0.3) is 0 Å². The lowest BCUT2D eigenvalue weighted by Gasteiger charge is -2.09. The van der Waals surface area contributed by atoms with Crippen molar-refractivity contribution in [2.75, 3.05) is 0 Å². The van der Waals surface area contributed by atoms with Gasteiger partial charge in [-0.1, -0.05) is 13.3 Å². The van der Waals surface area contributed by atoms with Gasteiger partial charge in [0.1, 0.15) is 0 Å². The smallest absolute Gasteiger partial charge is 0.248 e. The summed E-state index contributed by atoms with van der Waals surface area (Å²) in [6, 6.07) is 0. The molecule has 0 unspecified atom stereocenters. The molecule has 0 fully saturated rings. The predicted octanol–water partition coefficient (Wildman–Crippen LogP) is -0.471. The van der Waals surface area contributed by atoms with Crippen molar-refractivity contribution in [3.05, 3.63) is 31.5 Å². The maximum atomic E-state index is 11.8. The minimum absolute atomic E-state index is 0.276. The standard InChI is InChI=1S/C10H17N3O3/c1-4-6-7-13-9(15)11(3)8(14)12(5-2)10(13)16/h4-7H2,1-3H3. The fraction of sp³-hybridized carbons (Fsp3) is 0.700. The summed E-state index contributed by atoms with van der Waals surface area (Å²) < 4.78 is 3.16. The van der Waals surface area contributed by atoms with Gasteiger partial charge in [0.2, 0.25) is 0 Å². The third-order valence-corrected chi connectivity index (χ3v) is 2.55. The van der Waals surface area contributed by atoms with Gasteiger partial charge in [-0.2, -0.15) is 0 Å². The van der Waals surface area contributed by atoms with Crippen LogP contribution in [0.1, 0.15) is 26.7 Å². The first kappa shape index (κ1) is 12.5. The van der Waals surface area contributed by atoms with E-state index in [2.05, 4.69) is 0 Å². The van der Waals surface area contributed by atoms with E-state index in [1.165, 1.54) is 7.05 Å². The van der Waals surface area contributed by atoms with E-state index < -0.39 is 17.1 Å². The maximum absolute atomic E-state index is 11.8. The van der Waals surface area contributed by atoms with Crippen LogP contribution < -0.4 is 17.1 Å². The van der Waals surface area contributed by atoms with Crippen molar-refractivity contribution in [1.29, 1.82) is 0 Å². The topological polar surface area (TPSA) is 66.0 Å². The molecule has 6 heteroatoms. The Balaban J connectivity index is 3.50. The second-order valence-electron chi connectivity index (χ2n) is 3.66. The summed E-state index contributed by atoms with van der Waals surface area (Å²) in [5.41, 5.74) is -1.59. The highest BCUT2D eigenvalue weighted by atomic mass is 16.2. The molecule has 1 rings (SSSR count). The highest BCUT2D eigenvalue weighted by Gasteiger charge is 2.10. The molecule has 1 aromatic heterocycles. The average molecular weight is 227 g/mol. The van der Waals surface area contributed by atoms with E-state index in [9.17, 15) is 14.4 Å². The fourth-order valence-corrected chi connectivity index (χ4v) is 1.53. The molecular weight excluding hydrogens is 210 g/mol. The first-order valence-corrected chi connectivity index (χ1v) is 5.45. The number of aromatic nitrogens is 3. The summed E-state index contributed by atoms with van der Waals surface area (Å²) in [6.45, 7) is 4.32. The van der Waals surface area contributed by atoms with Crippen molar-refractivity contribution in [1.82, 2.24) is 13.7 Å². The van der Waals surface area contributed by atoms with Crippen LogP contribution in [0, 0.1) is 0 Å². The molecule has 0 aliphatic rings. The third kappa shape index (κ3) is 2.00. The van der Waals surface area contributed by atoms with Crippen molar-refractivity contribution in [3.63, 3.8) is 0 Å². The predicted molar refractivity (Wildman–Crippen MR) is 60.8 cm³/mol. The Labute approximate surface area is 92.8 Å². The van der Waals surface area contributed by atoms with E-state index >= 15 is 0 Å². The summed E-state index contributed by atoms with van der Waals surface area (Å²) in [5, 5.41) is 0. The highest BCUT2D eigenvalue weighted by molar-refractivity contribution is 4.77. The van der Waals surface area contributed by atoms with Crippen molar-refractivity contribution in [3.8, 4) is 0 Å². The van der Waals surface area contributed by atoms with Gasteiger partial charge >= 0.3 is 17.1 Å². The monoisotopic (exact) mass is 227 g/mol. The van der Waals surface area contributed by atoms with Crippen LogP contribution in [0.15, 0.2) is 14.4 Å². The van der Waals surface area contributed by atoms with Crippen molar-refractivity contribution >= 4 is 0 Å². The summed E-state index contributed by atoms with van der Waals surface area (Å²) in [6.07, 6.45) is 1.64. The molecule has 0 spiro atoms. The van der Waals surface area contributed by atoms with Crippen molar-refractivity contribution in [2.45, 2.75) is 39.8 Å². The molecule has 0 atom stereocenters. The van der Waals surface area contributed by atoms with Crippen LogP contribution in [0.3, 0.4) is 0 Å². The Morgan fingerprint density at radius 1 is 0.938 bits per heavy atom. The summed E-state index contributed by atoms with van der Waals surface area (Å²) in [5.74, 6) is 0. The number of nitrogens with zero attached hydrogens (tertiary/aromatic N) is 3. The quantitative estimate of drug-likeness (QED) is 0.698. The molecule has 0 aromatic carbocycles. The minimum atomic E-state index is -0.551. The van der Waals surface area contributed by atoms with Gasteiger partial charge < -0.3 is 0 Å². The van der Waals surface area contributed by atoms with E-state index in [1.54, 1.807) is 6.92 Å². The number of rotatable bonds is 4. The van der Waals surface area contributed by atoms with Crippen LogP contribution in [0.5, 0.6) is 0 Å². The zero-order chi connectivity index (χ0) is 12.3. The number of hydrogen-bond acceptors (Lipinski definition) is 3. The Hall–Kier alpha value is -1.59. The minimum Gasteiger partial charge on any atom is -0.248 e. The molecule has 0 bridgehead atoms. The van der Waals surface area contributed by atoms with Crippen molar-refractivity contribution in [2.24, 2.45) is 7.05 Å².